The fourth-order valence-electron chi connectivity index (χ4n) is 4.32. The first-order valence-electron chi connectivity index (χ1n) is 12.2. The maximum absolute atomic E-state index is 6.01. The molecule has 0 aliphatic carbocycles. The van der Waals surface area contributed by atoms with Crippen molar-refractivity contribution >= 4 is 11.4 Å². The Hall–Kier alpha value is -1.88. The number of methoxy groups -OCH3 is 1. The Morgan fingerprint density at radius 2 is 1.56 bits per heavy atom. The molecule has 1 unspecified atom stereocenters. The molecule has 1 atom stereocenters. The normalized spacial score (nSPS) is 14.8. The van der Waals surface area contributed by atoms with E-state index < -0.39 is 0 Å². The molecule has 1 heterocycles. The lowest BCUT2D eigenvalue weighted by atomic mass is 10.0. The van der Waals surface area contributed by atoms with Crippen LogP contribution in [0, 0.1) is 0 Å². The Morgan fingerprint density at radius 3 is 2.16 bits per heavy atom. The highest BCUT2D eigenvalue weighted by atomic mass is 16.5. The standard InChI is InChI=1S/C28H42N2O2/c1-23(32-22-18-28(2,3)31-5)17-21-29(4)19-10-20-30-26-13-8-6-11-24(26)15-16-25-12-7-9-14-27(25)30/h6-9,11-14,23H,10,15-22H2,1-5H3. The van der Waals surface area contributed by atoms with Crippen molar-refractivity contribution in [3.63, 3.8) is 0 Å². The summed E-state index contributed by atoms with van der Waals surface area (Å²) in [7, 11) is 3.99. The predicted molar refractivity (Wildman–Crippen MR) is 135 cm³/mol. The summed E-state index contributed by atoms with van der Waals surface area (Å²) >= 11 is 0. The second-order valence-electron chi connectivity index (χ2n) is 9.75. The van der Waals surface area contributed by atoms with Gasteiger partial charge in [0.15, 0.2) is 0 Å². The van der Waals surface area contributed by atoms with Crippen LogP contribution in [0.25, 0.3) is 0 Å². The van der Waals surface area contributed by atoms with Crippen molar-refractivity contribution in [1.82, 2.24) is 4.90 Å². The summed E-state index contributed by atoms with van der Waals surface area (Å²) in [4.78, 5) is 4.98. The van der Waals surface area contributed by atoms with E-state index in [1.165, 1.54) is 22.5 Å². The van der Waals surface area contributed by atoms with E-state index in [1.54, 1.807) is 7.11 Å². The van der Waals surface area contributed by atoms with E-state index in [-0.39, 0.29) is 11.7 Å². The first-order chi connectivity index (χ1) is 15.4. The molecule has 32 heavy (non-hydrogen) atoms. The number of ether oxygens (including phenoxy) is 2. The Morgan fingerprint density at radius 1 is 0.969 bits per heavy atom. The Bertz CT molecular complexity index is 788. The topological polar surface area (TPSA) is 24.9 Å². The maximum Gasteiger partial charge on any atom is 0.0644 e. The number of anilines is 2. The molecule has 0 saturated carbocycles. The molecular formula is C28H42N2O2. The molecule has 0 amide bonds. The van der Waals surface area contributed by atoms with Gasteiger partial charge in [-0.3, -0.25) is 0 Å². The minimum Gasteiger partial charge on any atom is -0.379 e. The third-order valence-corrected chi connectivity index (χ3v) is 6.73. The molecule has 0 fully saturated rings. The summed E-state index contributed by atoms with van der Waals surface area (Å²) in [6.07, 6.45) is 5.61. The molecule has 1 aliphatic rings. The summed E-state index contributed by atoms with van der Waals surface area (Å²) in [5.74, 6) is 0. The van der Waals surface area contributed by atoms with Gasteiger partial charge in [0.1, 0.15) is 0 Å². The van der Waals surface area contributed by atoms with Crippen molar-refractivity contribution < 1.29 is 9.47 Å². The van der Waals surface area contributed by atoms with Crippen LogP contribution in [0.3, 0.4) is 0 Å². The van der Waals surface area contributed by atoms with Crippen molar-refractivity contribution in [1.29, 1.82) is 0 Å². The van der Waals surface area contributed by atoms with E-state index in [2.05, 4.69) is 86.1 Å². The van der Waals surface area contributed by atoms with E-state index in [4.69, 9.17) is 9.47 Å². The van der Waals surface area contributed by atoms with Crippen LogP contribution in [0.1, 0.15) is 51.2 Å². The van der Waals surface area contributed by atoms with Gasteiger partial charge in [0.05, 0.1) is 11.7 Å². The molecule has 176 valence electrons. The molecule has 0 bridgehead atoms. The van der Waals surface area contributed by atoms with E-state index in [1.807, 2.05) is 0 Å². The van der Waals surface area contributed by atoms with Crippen LogP contribution in [0.5, 0.6) is 0 Å². The molecule has 4 nitrogen and oxygen atoms in total. The lowest BCUT2D eigenvalue weighted by Gasteiger charge is -2.28. The average Bonchev–Trinajstić information content (AvgIpc) is 2.95. The fourth-order valence-corrected chi connectivity index (χ4v) is 4.32. The van der Waals surface area contributed by atoms with Gasteiger partial charge in [-0.2, -0.15) is 0 Å². The van der Waals surface area contributed by atoms with Crippen LogP contribution in [0.4, 0.5) is 11.4 Å². The number of aryl methyl sites for hydroxylation is 2. The van der Waals surface area contributed by atoms with Gasteiger partial charge in [-0.15, -0.1) is 0 Å². The first kappa shape index (κ1) is 24.8. The Labute approximate surface area is 195 Å². The van der Waals surface area contributed by atoms with Crippen molar-refractivity contribution in [3.05, 3.63) is 59.7 Å². The molecule has 0 saturated heterocycles. The summed E-state index contributed by atoms with van der Waals surface area (Å²) in [5, 5.41) is 0. The monoisotopic (exact) mass is 438 g/mol. The van der Waals surface area contributed by atoms with Crippen LogP contribution in [0.15, 0.2) is 48.5 Å². The second kappa shape index (κ2) is 11.8. The van der Waals surface area contributed by atoms with Crippen molar-refractivity contribution in [2.24, 2.45) is 0 Å². The van der Waals surface area contributed by atoms with Crippen molar-refractivity contribution in [3.8, 4) is 0 Å². The summed E-state index contributed by atoms with van der Waals surface area (Å²) in [5.41, 5.74) is 5.56. The average molecular weight is 439 g/mol. The number of benzene rings is 2. The molecular weight excluding hydrogens is 396 g/mol. The second-order valence-corrected chi connectivity index (χ2v) is 9.75. The van der Waals surface area contributed by atoms with E-state index >= 15 is 0 Å². The number of fused-ring (bicyclic) bond motifs is 2. The predicted octanol–water partition coefficient (Wildman–Crippen LogP) is 5.86. The van der Waals surface area contributed by atoms with Gasteiger partial charge in [0.2, 0.25) is 0 Å². The summed E-state index contributed by atoms with van der Waals surface area (Å²) in [6, 6.07) is 17.8. The highest BCUT2D eigenvalue weighted by Gasteiger charge is 2.20. The van der Waals surface area contributed by atoms with Gasteiger partial charge < -0.3 is 19.3 Å². The minimum absolute atomic E-state index is 0.110. The largest absolute Gasteiger partial charge is 0.379 e. The van der Waals surface area contributed by atoms with Crippen LogP contribution in [-0.2, 0) is 22.3 Å². The summed E-state index contributed by atoms with van der Waals surface area (Å²) < 4.78 is 11.5. The quantitative estimate of drug-likeness (QED) is 0.415. The minimum atomic E-state index is -0.110. The first-order valence-corrected chi connectivity index (χ1v) is 12.2. The SMILES string of the molecule is COC(C)(C)CCOC(C)CCN(C)CCCN1c2ccccc2CCc2ccccc21. The third kappa shape index (κ3) is 7.06. The molecule has 0 spiro atoms. The van der Waals surface area contributed by atoms with E-state index in [0.29, 0.717) is 0 Å². The number of para-hydroxylation sites is 2. The fraction of sp³-hybridized carbons (Fsp3) is 0.571. The zero-order valence-corrected chi connectivity index (χ0v) is 20.8. The van der Waals surface area contributed by atoms with Crippen LogP contribution in [0.2, 0.25) is 0 Å². The summed E-state index contributed by atoms with van der Waals surface area (Å²) in [6.45, 7) is 10.3. The molecule has 1 aliphatic heterocycles. The smallest absolute Gasteiger partial charge is 0.0644 e. The highest BCUT2D eigenvalue weighted by Crippen LogP contribution is 2.35. The number of hydrogen-bond donors (Lipinski definition) is 0. The lowest BCUT2D eigenvalue weighted by Crippen LogP contribution is -2.29. The van der Waals surface area contributed by atoms with Gasteiger partial charge in [-0.05, 0) is 89.7 Å². The molecule has 2 aromatic rings. The van der Waals surface area contributed by atoms with Crippen LogP contribution in [-0.4, -0.2) is 57.0 Å². The third-order valence-electron chi connectivity index (χ3n) is 6.73. The van der Waals surface area contributed by atoms with Gasteiger partial charge in [-0.1, -0.05) is 36.4 Å². The van der Waals surface area contributed by atoms with Gasteiger partial charge >= 0.3 is 0 Å². The van der Waals surface area contributed by atoms with Gasteiger partial charge in [0, 0.05) is 38.2 Å². The molecule has 3 rings (SSSR count). The highest BCUT2D eigenvalue weighted by molar-refractivity contribution is 5.71. The molecule has 0 aromatic heterocycles. The molecule has 0 radical (unpaired) electrons. The zero-order valence-electron chi connectivity index (χ0n) is 20.8. The Kier molecular flexibility index (Phi) is 9.15. The number of hydrogen-bond acceptors (Lipinski definition) is 4. The van der Waals surface area contributed by atoms with Gasteiger partial charge in [0.25, 0.3) is 0 Å². The molecule has 4 heteroatoms. The zero-order chi connectivity index (χ0) is 23.0. The van der Waals surface area contributed by atoms with Gasteiger partial charge in [-0.25, -0.2) is 0 Å². The van der Waals surface area contributed by atoms with Crippen LogP contribution >= 0.6 is 0 Å². The van der Waals surface area contributed by atoms with Crippen LogP contribution < -0.4 is 4.90 Å². The van der Waals surface area contributed by atoms with Crippen molar-refractivity contribution in [2.75, 3.05) is 45.3 Å². The molecule has 0 N–H and O–H groups in total. The van der Waals surface area contributed by atoms with Crippen molar-refractivity contribution in [2.45, 2.75) is 64.6 Å². The van der Waals surface area contributed by atoms with E-state index in [0.717, 1.165) is 58.3 Å². The maximum atomic E-state index is 6.01. The van der Waals surface area contributed by atoms with E-state index in [9.17, 15) is 0 Å². The molecule has 2 aromatic carbocycles. The lowest BCUT2D eigenvalue weighted by molar-refractivity contribution is -0.0256. The Balaban J connectivity index is 1.47. The number of rotatable bonds is 12. The number of nitrogens with zero attached hydrogens (tertiary/aromatic N) is 2.